The van der Waals surface area contributed by atoms with E-state index in [9.17, 15) is 0 Å². The van der Waals surface area contributed by atoms with E-state index >= 15 is 0 Å². The Hall–Kier alpha value is -0.990. The van der Waals surface area contributed by atoms with E-state index in [1.165, 1.54) is 0 Å². The Morgan fingerprint density at radius 1 is 1.65 bits per heavy atom. The lowest BCUT2D eigenvalue weighted by molar-refractivity contribution is 0.426. The van der Waals surface area contributed by atoms with Crippen LogP contribution in [0.4, 0.5) is 0 Å². The van der Waals surface area contributed by atoms with E-state index in [-0.39, 0.29) is 0 Å². The Labute approximate surface area is 107 Å². The highest BCUT2D eigenvalue weighted by molar-refractivity contribution is 7.99. The normalized spacial score (nSPS) is 14.2. The third-order valence-corrected chi connectivity index (χ3v) is 3.79. The molecule has 1 heterocycles. The third kappa shape index (κ3) is 4.41. The zero-order valence-electron chi connectivity index (χ0n) is 10.7. The molecular formula is C12H20N4S. The van der Waals surface area contributed by atoms with Crippen LogP contribution in [-0.4, -0.2) is 27.4 Å². The number of imidazole rings is 1. The van der Waals surface area contributed by atoms with Crippen molar-refractivity contribution >= 4 is 11.8 Å². The van der Waals surface area contributed by atoms with Crippen LogP contribution >= 0.6 is 11.8 Å². The van der Waals surface area contributed by atoms with Gasteiger partial charge in [-0.25, -0.2) is 4.98 Å². The Morgan fingerprint density at radius 2 is 2.41 bits per heavy atom. The van der Waals surface area contributed by atoms with Gasteiger partial charge in [0, 0.05) is 25.2 Å². The van der Waals surface area contributed by atoms with Crippen LogP contribution in [0.1, 0.15) is 26.7 Å². The second-order valence-electron chi connectivity index (χ2n) is 4.25. The first-order chi connectivity index (χ1) is 8.11. The number of hydrogen-bond acceptors (Lipinski definition) is 4. The van der Waals surface area contributed by atoms with E-state index in [1.54, 1.807) is 18.0 Å². The van der Waals surface area contributed by atoms with Gasteiger partial charge in [-0.15, -0.1) is 0 Å². The summed E-state index contributed by atoms with van der Waals surface area (Å²) < 4.78 is 2.01. The molecule has 1 aromatic rings. The SMILES string of the molecule is CCNC(C)(C#N)CCCSc1nccn1C. The van der Waals surface area contributed by atoms with Crippen molar-refractivity contribution in [2.24, 2.45) is 7.05 Å². The molecule has 0 aliphatic carbocycles. The summed E-state index contributed by atoms with van der Waals surface area (Å²) in [4.78, 5) is 4.25. The molecule has 0 saturated carbocycles. The minimum Gasteiger partial charge on any atom is -0.329 e. The standard InChI is InChI=1S/C12H20N4S/c1-4-15-12(2,10-13)6-5-9-17-11-14-7-8-16(11)3/h7-8,15H,4-6,9H2,1-3H3. The molecule has 0 aliphatic heterocycles. The van der Waals surface area contributed by atoms with Crippen molar-refractivity contribution in [2.45, 2.75) is 37.4 Å². The molecule has 0 radical (unpaired) electrons. The highest BCUT2D eigenvalue weighted by Crippen LogP contribution is 2.19. The van der Waals surface area contributed by atoms with Gasteiger partial charge < -0.3 is 4.57 Å². The number of hydrogen-bond donors (Lipinski definition) is 1. The Morgan fingerprint density at radius 3 is 2.94 bits per heavy atom. The van der Waals surface area contributed by atoms with E-state index in [0.29, 0.717) is 0 Å². The zero-order valence-corrected chi connectivity index (χ0v) is 11.5. The van der Waals surface area contributed by atoms with Gasteiger partial charge in [0.15, 0.2) is 5.16 Å². The summed E-state index contributed by atoms with van der Waals surface area (Å²) in [6, 6.07) is 2.34. The highest BCUT2D eigenvalue weighted by atomic mass is 32.2. The summed E-state index contributed by atoms with van der Waals surface area (Å²) in [5.41, 5.74) is -0.392. The lowest BCUT2D eigenvalue weighted by atomic mass is 9.98. The van der Waals surface area contributed by atoms with Gasteiger partial charge in [-0.3, -0.25) is 5.32 Å². The highest BCUT2D eigenvalue weighted by Gasteiger charge is 2.21. The van der Waals surface area contributed by atoms with Crippen molar-refractivity contribution in [1.29, 1.82) is 5.26 Å². The smallest absolute Gasteiger partial charge is 0.167 e. The lowest BCUT2D eigenvalue weighted by Crippen LogP contribution is -2.40. The summed E-state index contributed by atoms with van der Waals surface area (Å²) in [6.07, 6.45) is 5.63. The minimum absolute atomic E-state index is 0.392. The fourth-order valence-electron chi connectivity index (χ4n) is 1.65. The van der Waals surface area contributed by atoms with Gasteiger partial charge in [0.05, 0.1) is 6.07 Å². The topological polar surface area (TPSA) is 53.6 Å². The molecule has 0 aromatic carbocycles. The molecular weight excluding hydrogens is 232 g/mol. The molecule has 5 heteroatoms. The summed E-state index contributed by atoms with van der Waals surface area (Å²) in [6.45, 7) is 4.82. The Bertz CT molecular complexity index is 382. The van der Waals surface area contributed by atoms with E-state index in [2.05, 4.69) is 16.4 Å². The molecule has 0 aliphatic rings. The van der Waals surface area contributed by atoms with Crippen LogP contribution in [0.2, 0.25) is 0 Å². The molecule has 1 unspecified atom stereocenters. The largest absolute Gasteiger partial charge is 0.329 e. The maximum Gasteiger partial charge on any atom is 0.167 e. The van der Waals surface area contributed by atoms with Crippen LogP contribution in [0.15, 0.2) is 17.6 Å². The van der Waals surface area contributed by atoms with E-state index in [0.717, 1.165) is 30.3 Å². The number of nitrogens with zero attached hydrogens (tertiary/aromatic N) is 3. The molecule has 0 bridgehead atoms. The van der Waals surface area contributed by atoms with Crippen molar-refractivity contribution in [3.05, 3.63) is 12.4 Å². The molecule has 94 valence electrons. The zero-order chi connectivity index (χ0) is 12.7. The quantitative estimate of drug-likeness (QED) is 0.597. The van der Waals surface area contributed by atoms with E-state index in [1.807, 2.05) is 31.7 Å². The van der Waals surface area contributed by atoms with Crippen molar-refractivity contribution in [3.63, 3.8) is 0 Å². The van der Waals surface area contributed by atoms with Gasteiger partial charge in [-0.05, 0) is 26.3 Å². The van der Waals surface area contributed by atoms with Gasteiger partial charge in [0.25, 0.3) is 0 Å². The molecule has 17 heavy (non-hydrogen) atoms. The number of nitrogens with one attached hydrogen (secondary N) is 1. The second-order valence-corrected chi connectivity index (χ2v) is 5.31. The summed E-state index contributed by atoms with van der Waals surface area (Å²) in [5, 5.41) is 13.4. The van der Waals surface area contributed by atoms with Crippen LogP contribution in [0, 0.1) is 11.3 Å². The van der Waals surface area contributed by atoms with Crippen molar-refractivity contribution in [1.82, 2.24) is 14.9 Å². The minimum atomic E-state index is -0.392. The van der Waals surface area contributed by atoms with Crippen LogP contribution < -0.4 is 5.32 Å². The van der Waals surface area contributed by atoms with Crippen LogP contribution in [0.25, 0.3) is 0 Å². The van der Waals surface area contributed by atoms with Gasteiger partial charge >= 0.3 is 0 Å². The maximum absolute atomic E-state index is 9.11. The molecule has 0 saturated heterocycles. The fraction of sp³-hybridized carbons (Fsp3) is 0.667. The fourth-order valence-corrected chi connectivity index (χ4v) is 2.53. The van der Waals surface area contributed by atoms with Crippen LogP contribution in [0.5, 0.6) is 0 Å². The van der Waals surface area contributed by atoms with Gasteiger partial charge in [0.1, 0.15) is 5.54 Å². The molecule has 1 atom stereocenters. The Kier molecular flexibility index (Phi) is 5.52. The molecule has 0 amide bonds. The third-order valence-electron chi connectivity index (χ3n) is 2.64. The summed E-state index contributed by atoms with van der Waals surface area (Å²) in [5.74, 6) is 0.994. The number of nitriles is 1. The monoisotopic (exact) mass is 252 g/mol. The first kappa shape index (κ1) is 14.1. The lowest BCUT2D eigenvalue weighted by Gasteiger charge is -2.22. The summed E-state index contributed by atoms with van der Waals surface area (Å²) >= 11 is 1.74. The average molecular weight is 252 g/mol. The first-order valence-electron chi connectivity index (χ1n) is 5.87. The molecule has 0 spiro atoms. The van der Waals surface area contributed by atoms with Gasteiger partial charge in [-0.1, -0.05) is 18.7 Å². The van der Waals surface area contributed by atoms with E-state index < -0.39 is 5.54 Å². The number of aryl methyl sites for hydroxylation is 1. The molecule has 0 fully saturated rings. The van der Waals surface area contributed by atoms with Gasteiger partial charge in [0.2, 0.25) is 0 Å². The second kappa shape index (κ2) is 6.67. The average Bonchev–Trinajstić information content (AvgIpc) is 2.71. The van der Waals surface area contributed by atoms with Gasteiger partial charge in [-0.2, -0.15) is 5.26 Å². The molecule has 1 aromatic heterocycles. The number of thioether (sulfide) groups is 1. The molecule has 4 nitrogen and oxygen atoms in total. The van der Waals surface area contributed by atoms with Crippen molar-refractivity contribution < 1.29 is 0 Å². The number of aromatic nitrogens is 2. The molecule has 1 rings (SSSR count). The van der Waals surface area contributed by atoms with Crippen molar-refractivity contribution in [2.75, 3.05) is 12.3 Å². The Balaban J connectivity index is 2.29. The van der Waals surface area contributed by atoms with Crippen LogP contribution in [0.3, 0.4) is 0 Å². The predicted molar refractivity (Wildman–Crippen MR) is 70.9 cm³/mol. The molecule has 1 N–H and O–H groups in total. The van der Waals surface area contributed by atoms with Crippen molar-refractivity contribution in [3.8, 4) is 6.07 Å². The predicted octanol–water partition coefficient (Wildman–Crippen LogP) is 2.18. The first-order valence-corrected chi connectivity index (χ1v) is 6.86. The number of rotatable bonds is 7. The maximum atomic E-state index is 9.11. The van der Waals surface area contributed by atoms with E-state index in [4.69, 9.17) is 5.26 Å². The summed E-state index contributed by atoms with van der Waals surface area (Å²) in [7, 11) is 1.99. The van der Waals surface area contributed by atoms with Crippen LogP contribution in [-0.2, 0) is 7.05 Å².